The number of guanidine groups is 1. The highest BCUT2D eigenvalue weighted by molar-refractivity contribution is 5.84. The topological polar surface area (TPSA) is 108 Å². The first-order valence-electron chi connectivity index (χ1n) is 12.4. The summed E-state index contributed by atoms with van der Waals surface area (Å²) >= 11 is 0. The number of carbonyl (C=O) groups is 2. The SMILES string of the molecule is C[C@H](CCC(=O)N(CC(=O)O)C1CCCCC1)N1Cc2cc(Oc3ccccc3)ccc2N=C1N. The van der Waals surface area contributed by atoms with E-state index < -0.39 is 5.97 Å². The number of carbonyl (C=O) groups excluding carboxylic acids is 1. The molecule has 1 saturated carbocycles. The summed E-state index contributed by atoms with van der Waals surface area (Å²) < 4.78 is 5.97. The molecule has 2 aromatic rings. The first-order chi connectivity index (χ1) is 16.9. The minimum Gasteiger partial charge on any atom is -0.480 e. The van der Waals surface area contributed by atoms with Crippen molar-refractivity contribution < 1.29 is 19.4 Å². The van der Waals surface area contributed by atoms with Crippen LogP contribution in [-0.4, -0.2) is 51.4 Å². The summed E-state index contributed by atoms with van der Waals surface area (Å²) in [7, 11) is 0. The predicted molar refractivity (Wildman–Crippen MR) is 135 cm³/mol. The molecule has 3 N–H and O–H groups in total. The van der Waals surface area contributed by atoms with Crippen LogP contribution in [0.1, 0.15) is 57.4 Å². The van der Waals surface area contributed by atoms with E-state index in [-0.39, 0.29) is 31.0 Å². The van der Waals surface area contributed by atoms with Gasteiger partial charge in [-0.25, -0.2) is 4.99 Å². The maximum absolute atomic E-state index is 13.0. The Bertz CT molecular complexity index is 1070. The van der Waals surface area contributed by atoms with Gasteiger partial charge in [-0.15, -0.1) is 0 Å². The zero-order valence-electron chi connectivity index (χ0n) is 20.2. The number of aliphatic carboxylic acids is 1. The molecule has 8 nitrogen and oxygen atoms in total. The summed E-state index contributed by atoms with van der Waals surface area (Å²) in [4.78, 5) is 32.6. The van der Waals surface area contributed by atoms with Crippen molar-refractivity contribution in [2.75, 3.05) is 6.54 Å². The molecule has 1 atom stereocenters. The van der Waals surface area contributed by atoms with Crippen molar-refractivity contribution >= 4 is 23.5 Å². The molecule has 2 aliphatic rings. The molecule has 1 aliphatic carbocycles. The number of benzene rings is 2. The third-order valence-corrected chi connectivity index (χ3v) is 6.85. The number of aliphatic imine (C=N–C) groups is 1. The lowest BCUT2D eigenvalue weighted by Gasteiger charge is -2.35. The number of amides is 1. The number of hydrogen-bond acceptors (Lipinski definition) is 6. The summed E-state index contributed by atoms with van der Waals surface area (Å²) in [6.07, 6.45) is 5.83. The Balaban J connectivity index is 1.39. The Morgan fingerprint density at radius 1 is 1.14 bits per heavy atom. The molecule has 1 aliphatic heterocycles. The lowest BCUT2D eigenvalue weighted by atomic mass is 9.93. The summed E-state index contributed by atoms with van der Waals surface area (Å²) in [6.45, 7) is 2.35. The second-order valence-electron chi connectivity index (χ2n) is 9.40. The second-order valence-corrected chi connectivity index (χ2v) is 9.40. The van der Waals surface area contributed by atoms with Crippen LogP contribution in [0.25, 0.3) is 0 Å². The summed E-state index contributed by atoms with van der Waals surface area (Å²) in [5.74, 6) is 0.847. The van der Waals surface area contributed by atoms with Crippen LogP contribution in [0.15, 0.2) is 53.5 Å². The van der Waals surface area contributed by atoms with Gasteiger partial charge in [-0.05, 0) is 56.5 Å². The molecule has 4 rings (SSSR count). The molecule has 0 unspecified atom stereocenters. The van der Waals surface area contributed by atoms with E-state index in [1.54, 1.807) is 4.90 Å². The number of hydrogen-bond donors (Lipinski definition) is 2. The molecule has 35 heavy (non-hydrogen) atoms. The van der Waals surface area contributed by atoms with Gasteiger partial charge in [-0.3, -0.25) is 9.59 Å². The van der Waals surface area contributed by atoms with Crippen molar-refractivity contribution in [2.24, 2.45) is 10.7 Å². The van der Waals surface area contributed by atoms with E-state index in [0.29, 0.717) is 18.9 Å². The van der Waals surface area contributed by atoms with Gasteiger partial charge in [0.2, 0.25) is 5.91 Å². The lowest BCUT2D eigenvalue weighted by Crippen LogP contribution is -2.46. The molecular weight excluding hydrogens is 444 g/mol. The van der Waals surface area contributed by atoms with Crippen molar-refractivity contribution in [2.45, 2.75) is 70.5 Å². The molecule has 0 radical (unpaired) electrons. The predicted octanol–water partition coefficient (Wildman–Crippen LogP) is 4.66. The molecule has 1 heterocycles. The van der Waals surface area contributed by atoms with Gasteiger partial charge >= 0.3 is 5.97 Å². The monoisotopic (exact) mass is 478 g/mol. The number of ether oxygens (including phenoxy) is 1. The van der Waals surface area contributed by atoms with Crippen molar-refractivity contribution in [1.82, 2.24) is 9.80 Å². The number of para-hydroxylation sites is 1. The number of fused-ring (bicyclic) bond motifs is 1. The van der Waals surface area contributed by atoms with Gasteiger partial charge in [-0.1, -0.05) is 37.5 Å². The Hall–Kier alpha value is -3.55. The largest absolute Gasteiger partial charge is 0.480 e. The third kappa shape index (κ3) is 6.32. The molecule has 186 valence electrons. The van der Waals surface area contributed by atoms with Crippen molar-refractivity contribution in [3.8, 4) is 11.5 Å². The smallest absolute Gasteiger partial charge is 0.323 e. The number of nitrogens with zero attached hydrogens (tertiary/aromatic N) is 3. The first-order valence-corrected chi connectivity index (χ1v) is 12.4. The zero-order valence-corrected chi connectivity index (χ0v) is 20.2. The molecule has 1 fully saturated rings. The number of carboxylic acid groups (broad SMARTS) is 1. The lowest BCUT2D eigenvalue weighted by molar-refractivity contribution is -0.146. The maximum atomic E-state index is 13.0. The maximum Gasteiger partial charge on any atom is 0.323 e. The highest BCUT2D eigenvalue weighted by atomic mass is 16.5. The fourth-order valence-electron chi connectivity index (χ4n) is 4.91. The minimum atomic E-state index is -0.963. The van der Waals surface area contributed by atoms with E-state index >= 15 is 0 Å². The van der Waals surface area contributed by atoms with Crippen LogP contribution >= 0.6 is 0 Å². The fourth-order valence-corrected chi connectivity index (χ4v) is 4.91. The van der Waals surface area contributed by atoms with Gasteiger partial charge in [0.25, 0.3) is 0 Å². The van der Waals surface area contributed by atoms with Crippen LogP contribution < -0.4 is 10.5 Å². The van der Waals surface area contributed by atoms with Crippen molar-refractivity contribution in [3.05, 3.63) is 54.1 Å². The van der Waals surface area contributed by atoms with Crippen LogP contribution in [0, 0.1) is 0 Å². The van der Waals surface area contributed by atoms with E-state index in [2.05, 4.69) is 4.99 Å². The Labute approximate surface area is 206 Å². The van der Waals surface area contributed by atoms with Crippen molar-refractivity contribution in [3.63, 3.8) is 0 Å². The molecule has 2 aromatic carbocycles. The Morgan fingerprint density at radius 2 is 1.89 bits per heavy atom. The van der Waals surface area contributed by atoms with Gasteiger partial charge in [0.15, 0.2) is 5.96 Å². The first kappa shape index (κ1) is 24.6. The Kier molecular flexibility index (Phi) is 7.90. The Morgan fingerprint density at radius 3 is 2.60 bits per heavy atom. The highest BCUT2D eigenvalue weighted by Gasteiger charge is 2.29. The molecular formula is C27H34N4O4. The highest BCUT2D eigenvalue weighted by Crippen LogP contribution is 2.32. The van der Waals surface area contributed by atoms with Gasteiger partial charge in [0, 0.05) is 30.6 Å². The van der Waals surface area contributed by atoms with E-state index in [1.807, 2.05) is 60.4 Å². The fraction of sp³-hybridized carbons (Fsp3) is 0.444. The molecule has 1 amide bonds. The molecule has 0 saturated heterocycles. The second kappa shape index (κ2) is 11.3. The summed E-state index contributed by atoms with van der Waals surface area (Å²) in [5, 5.41) is 9.34. The molecule has 0 aromatic heterocycles. The van der Waals surface area contributed by atoms with Crippen LogP contribution in [0.4, 0.5) is 5.69 Å². The molecule has 0 bridgehead atoms. The molecule has 8 heteroatoms. The van der Waals surface area contributed by atoms with Gasteiger partial charge in [0.1, 0.15) is 18.0 Å². The molecule has 0 spiro atoms. The van der Waals surface area contributed by atoms with E-state index in [9.17, 15) is 14.7 Å². The van der Waals surface area contributed by atoms with E-state index in [0.717, 1.165) is 54.9 Å². The standard InChI is InChI=1S/C27H34N4O4/c1-19(12-15-25(32)31(18-26(33)34)21-8-4-2-5-9-21)30-17-20-16-23(13-14-24(20)29-27(30)28)35-22-10-6-3-7-11-22/h3,6-7,10-11,13-14,16,19,21H,2,4-5,8-9,12,15,17-18H2,1H3,(H2,28,29)(H,33,34)/t19-/m1/s1. The van der Waals surface area contributed by atoms with Crippen LogP contribution in [-0.2, 0) is 16.1 Å². The average Bonchev–Trinajstić information content (AvgIpc) is 2.86. The number of nitrogens with two attached hydrogens (primary N) is 1. The zero-order chi connectivity index (χ0) is 24.8. The van der Waals surface area contributed by atoms with Crippen LogP contribution in [0.5, 0.6) is 11.5 Å². The van der Waals surface area contributed by atoms with Gasteiger partial charge in [0.05, 0.1) is 5.69 Å². The van der Waals surface area contributed by atoms with E-state index in [4.69, 9.17) is 10.5 Å². The average molecular weight is 479 g/mol. The minimum absolute atomic E-state index is 0.0270. The van der Waals surface area contributed by atoms with Crippen LogP contribution in [0.2, 0.25) is 0 Å². The quantitative estimate of drug-likeness (QED) is 0.543. The van der Waals surface area contributed by atoms with Crippen molar-refractivity contribution in [1.29, 1.82) is 0 Å². The summed E-state index contributed by atoms with van der Waals surface area (Å²) in [5.41, 5.74) is 8.09. The number of rotatable bonds is 9. The summed E-state index contributed by atoms with van der Waals surface area (Å²) in [6, 6.07) is 15.3. The van der Waals surface area contributed by atoms with E-state index in [1.165, 1.54) is 0 Å². The normalized spacial score (nSPS) is 16.7. The van der Waals surface area contributed by atoms with Gasteiger partial charge < -0.3 is 25.4 Å². The third-order valence-electron chi connectivity index (χ3n) is 6.85. The van der Waals surface area contributed by atoms with Crippen LogP contribution in [0.3, 0.4) is 0 Å². The van der Waals surface area contributed by atoms with Gasteiger partial charge in [-0.2, -0.15) is 0 Å². The number of carboxylic acids is 1.